The molecule has 0 aliphatic carbocycles. The fraction of sp³-hybridized carbons (Fsp3) is 0.917. The first-order valence-electron chi connectivity index (χ1n) is 6.26. The van der Waals surface area contributed by atoms with Crippen molar-refractivity contribution in [3.05, 3.63) is 0 Å². The van der Waals surface area contributed by atoms with Gasteiger partial charge in [0, 0.05) is 19.6 Å². The van der Waals surface area contributed by atoms with E-state index in [1.165, 1.54) is 6.42 Å². The molecule has 1 unspecified atom stereocenters. The van der Waals surface area contributed by atoms with Gasteiger partial charge in [0.1, 0.15) is 0 Å². The van der Waals surface area contributed by atoms with E-state index in [1.54, 1.807) is 11.8 Å². The summed E-state index contributed by atoms with van der Waals surface area (Å²) in [6, 6.07) is 0.00117. The second-order valence-corrected chi connectivity index (χ2v) is 5.88. The van der Waals surface area contributed by atoms with Gasteiger partial charge in [0.15, 0.2) is 0 Å². The van der Waals surface area contributed by atoms with Crippen molar-refractivity contribution in [2.24, 2.45) is 5.73 Å². The van der Waals surface area contributed by atoms with Crippen molar-refractivity contribution in [3.8, 4) is 0 Å². The summed E-state index contributed by atoms with van der Waals surface area (Å²) in [4.78, 5) is 16.3. The number of piperidine rings is 1. The van der Waals surface area contributed by atoms with Gasteiger partial charge >= 0.3 is 0 Å². The molecule has 100 valence electrons. The average Bonchev–Trinajstić information content (AvgIpc) is 2.34. The minimum atomic E-state index is -0.334. The molecule has 0 radical (unpaired) electrons. The Morgan fingerprint density at radius 2 is 2.35 bits per heavy atom. The largest absolute Gasteiger partial charge is 0.340 e. The molecular weight excluding hydrogens is 234 g/mol. The Labute approximate surface area is 109 Å². The second kappa shape index (κ2) is 7.24. The highest BCUT2D eigenvalue weighted by molar-refractivity contribution is 7.98. The van der Waals surface area contributed by atoms with Crippen LogP contribution in [0, 0.1) is 0 Å². The number of thioether (sulfide) groups is 1. The Bertz CT molecular complexity index is 250. The van der Waals surface area contributed by atoms with Gasteiger partial charge in [0.05, 0.1) is 6.04 Å². The van der Waals surface area contributed by atoms with Gasteiger partial charge in [-0.1, -0.05) is 0 Å². The van der Waals surface area contributed by atoms with E-state index in [-0.39, 0.29) is 11.9 Å². The summed E-state index contributed by atoms with van der Waals surface area (Å²) >= 11 is 1.74. The van der Waals surface area contributed by atoms with Crippen molar-refractivity contribution in [2.45, 2.75) is 31.3 Å². The molecule has 1 aliphatic rings. The van der Waals surface area contributed by atoms with Crippen LogP contribution in [0.25, 0.3) is 0 Å². The maximum atomic E-state index is 12.1. The van der Waals surface area contributed by atoms with E-state index >= 15 is 0 Å². The Morgan fingerprint density at radius 3 is 2.94 bits per heavy atom. The molecule has 5 heteroatoms. The number of likely N-dealkylation sites (N-methyl/N-ethyl adjacent to an activating group) is 2. The van der Waals surface area contributed by atoms with Gasteiger partial charge in [-0.05, 0) is 44.9 Å². The number of hydrogen-bond donors (Lipinski definition) is 1. The molecule has 0 saturated carbocycles. The summed E-state index contributed by atoms with van der Waals surface area (Å²) in [5.41, 5.74) is 5.93. The Morgan fingerprint density at radius 1 is 1.65 bits per heavy atom. The molecule has 2 atom stereocenters. The first kappa shape index (κ1) is 14.8. The quantitative estimate of drug-likeness (QED) is 0.786. The topological polar surface area (TPSA) is 49.6 Å². The smallest absolute Gasteiger partial charge is 0.239 e. The zero-order valence-electron chi connectivity index (χ0n) is 11.2. The molecule has 0 spiro atoms. The normalized spacial score (nSPS) is 23.4. The second-order valence-electron chi connectivity index (χ2n) is 4.90. The third kappa shape index (κ3) is 4.48. The number of carbonyl (C=O) groups excluding carboxylic acids is 1. The summed E-state index contributed by atoms with van der Waals surface area (Å²) < 4.78 is 0. The summed E-state index contributed by atoms with van der Waals surface area (Å²) in [5.74, 6) is 1.05. The number of carbonyl (C=O) groups is 1. The van der Waals surface area contributed by atoms with E-state index in [2.05, 4.69) is 11.9 Å². The lowest BCUT2D eigenvalue weighted by molar-refractivity contribution is -0.134. The van der Waals surface area contributed by atoms with Crippen LogP contribution >= 0.6 is 11.8 Å². The van der Waals surface area contributed by atoms with E-state index in [0.29, 0.717) is 6.04 Å². The lowest BCUT2D eigenvalue weighted by atomic mass is 10.0. The number of rotatable bonds is 5. The minimum absolute atomic E-state index is 0.0966. The molecular formula is C12H25N3OS. The number of amides is 1. The summed E-state index contributed by atoms with van der Waals surface area (Å²) in [6.45, 7) is 2.11. The lowest BCUT2D eigenvalue weighted by Gasteiger charge is -2.36. The minimum Gasteiger partial charge on any atom is -0.340 e. The summed E-state index contributed by atoms with van der Waals surface area (Å²) in [6.07, 6.45) is 5.07. The van der Waals surface area contributed by atoms with E-state index < -0.39 is 0 Å². The van der Waals surface area contributed by atoms with E-state index in [1.807, 2.05) is 18.2 Å². The average molecular weight is 259 g/mol. The number of hydrogen-bond acceptors (Lipinski definition) is 4. The van der Waals surface area contributed by atoms with Gasteiger partial charge in [-0.15, -0.1) is 0 Å². The standard InChI is InChI=1S/C12H25N3OS/c1-14-7-4-5-10(9-14)15(2)12(16)11(13)6-8-17-3/h10-11H,4-9,13H2,1-3H3/t10?,11-/m0/s1. The van der Waals surface area contributed by atoms with Crippen LogP contribution in [-0.4, -0.2) is 67.0 Å². The van der Waals surface area contributed by atoms with Crippen LogP contribution in [0.2, 0.25) is 0 Å². The van der Waals surface area contributed by atoms with Crippen LogP contribution < -0.4 is 5.73 Å². The summed E-state index contributed by atoms with van der Waals surface area (Å²) in [5, 5.41) is 0. The van der Waals surface area contributed by atoms with Crippen molar-refractivity contribution in [1.29, 1.82) is 0 Å². The Hall–Kier alpha value is -0.260. The van der Waals surface area contributed by atoms with E-state index in [0.717, 1.165) is 31.7 Å². The molecule has 0 aromatic heterocycles. The molecule has 4 nitrogen and oxygen atoms in total. The molecule has 0 bridgehead atoms. The molecule has 1 aliphatic heterocycles. The number of nitrogens with zero attached hydrogens (tertiary/aromatic N) is 2. The third-order valence-electron chi connectivity index (χ3n) is 3.45. The highest BCUT2D eigenvalue weighted by atomic mass is 32.2. The molecule has 1 heterocycles. The number of likely N-dealkylation sites (tertiary alicyclic amines) is 1. The van der Waals surface area contributed by atoms with Crippen molar-refractivity contribution < 1.29 is 4.79 Å². The zero-order chi connectivity index (χ0) is 12.8. The van der Waals surface area contributed by atoms with Crippen molar-refractivity contribution in [2.75, 3.05) is 39.2 Å². The van der Waals surface area contributed by atoms with Crippen LogP contribution in [-0.2, 0) is 4.79 Å². The Kier molecular flexibility index (Phi) is 6.30. The van der Waals surface area contributed by atoms with Gasteiger partial charge in [-0.3, -0.25) is 4.79 Å². The molecule has 0 aromatic rings. The summed E-state index contributed by atoms with van der Waals surface area (Å²) in [7, 11) is 4.00. The van der Waals surface area contributed by atoms with Gasteiger partial charge in [-0.25, -0.2) is 0 Å². The molecule has 0 aromatic carbocycles. The van der Waals surface area contributed by atoms with Crippen LogP contribution in [0.5, 0.6) is 0 Å². The molecule has 1 amide bonds. The van der Waals surface area contributed by atoms with Crippen molar-refractivity contribution in [3.63, 3.8) is 0 Å². The number of nitrogens with two attached hydrogens (primary N) is 1. The van der Waals surface area contributed by atoms with Crippen LogP contribution in [0.1, 0.15) is 19.3 Å². The Balaban J connectivity index is 2.44. The maximum absolute atomic E-state index is 12.1. The fourth-order valence-electron chi connectivity index (χ4n) is 2.27. The lowest BCUT2D eigenvalue weighted by Crippen LogP contribution is -2.52. The van der Waals surface area contributed by atoms with Gasteiger partial charge in [-0.2, -0.15) is 11.8 Å². The highest BCUT2D eigenvalue weighted by Gasteiger charge is 2.27. The maximum Gasteiger partial charge on any atom is 0.239 e. The van der Waals surface area contributed by atoms with Crippen molar-refractivity contribution >= 4 is 17.7 Å². The van der Waals surface area contributed by atoms with Crippen LogP contribution in [0.15, 0.2) is 0 Å². The molecule has 17 heavy (non-hydrogen) atoms. The first-order valence-corrected chi connectivity index (χ1v) is 7.65. The van der Waals surface area contributed by atoms with Gasteiger partial charge in [0.2, 0.25) is 5.91 Å². The predicted octanol–water partition coefficient (Wildman–Crippen LogP) is 0.619. The van der Waals surface area contributed by atoms with E-state index in [9.17, 15) is 4.79 Å². The highest BCUT2D eigenvalue weighted by Crippen LogP contribution is 2.14. The SMILES string of the molecule is CSCC[C@H](N)C(=O)N(C)C1CCCN(C)C1. The monoisotopic (exact) mass is 259 g/mol. The molecule has 1 saturated heterocycles. The molecule has 1 fully saturated rings. The fourth-order valence-corrected chi connectivity index (χ4v) is 2.75. The zero-order valence-corrected chi connectivity index (χ0v) is 12.0. The molecule has 1 rings (SSSR count). The van der Waals surface area contributed by atoms with Crippen LogP contribution in [0.3, 0.4) is 0 Å². The first-order chi connectivity index (χ1) is 8.06. The predicted molar refractivity (Wildman–Crippen MR) is 74.3 cm³/mol. The van der Waals surface area contributed by atoms with Crippen LogP contribution in [0.4, 0.5) is 0 Å². The van der Waals surface area contributed by atoms with Gasteiger partial charge < -0.3 is 15.5 Å². The van der Waals surface area contributed by atoms with Crippen molar-refractivity contribution in [1.82, 2.24) is 9.80 Å². The third-order valence-corrected chi connectivity index (χ3v) is 4.09. The van der Waals surface area contributed by atoms with Gasteiger partial charge in [0.25, 0.3) is 0 Å². The molecule has 2 N–H and O–H groups in total. The van der Waals surface area contributed by atoms with E-state index in [4.69, 9.17) is 5.73 Å².